The van der Waals surface area contributed by atoms with Gasteiger partial charge in [0.15, 0.2) is 0 Å². The summed E-state index contributed by atoms with van der Waals surface area (Å²) in [7, 11) is 0. The Balaban J connectivity index is 1.90. The summed E-state index contributed by atoms with van der Waals surface area (Å²) in [5, 5.41) is 11.3. The van der Waals surface area contributed by atoms with Crippen LogP contribution in [0.25, 0.3) is 11.0 Å². The quantitative estimate of drug-likeness (QED) is 0.455. The van der Waals surface area contributed by atoms with E-state index in [1.165, 1.54) is 6.20 Å². The third kappa shape index (κ3) is 2.71. The third-order valence-corrected chi connectivity index (χ3v) is 3.53. The molecule has 0 aliphatic heterocycles. The largest absolute Gasteiger partial charge is 0.345 e. The van der Waals surface area contributed by atoms with Crippen LogP contribution in [0.2, 0.25) is 5.15 Å². The van der Waals surface area contributed by atoms with Crippen LogP contribution in [-0.2, 0) is 12.8 Å². The van der Waals surface area contributed by atoms with Crippen molar-refractivity contribution in [2.75, 3.05) is 0 Å². The summed E-state index contributed by atoms with van der Waals surface area (Å²) in [5.74, 6) is 0. The minimum Gasteiger partial charge on any atom is -0.345 e. The Kier molecular flexibility index (Phi) is 3.53. The number of aromatic nitrogens is 3. The van der Waals surface area contributed by atoms with E-state index in [1.54, 1.807) is 12.4 Å². The number of halogens is 1. The topological polar surface area (TPSA) is 84.7 Å². The van der Waals surface area contributed by atoms with E-state index < -0.39 is 4.92 Å². The number of aryl methyl sites for hydroxylation is 2. The van der Waals surface area contributed by atoms with Gasteiger partial charge in [-0.3, -0.25) is 10.1 Å². The molecular formula is C14H11ClN4O2. The fourth-order valence-electron chi connectivity index (χ4n) is 2.32. The van der Waals surface area contributed by atoms with Gasteiger partial charge in [-0.15, -0.1) is 0 Å². The number of imidazole rings is 1. The first-order chi connectivity index (χ1) is 10.1. The molecule has 0 radical (unpaired) electrons. The predicted molar refractivity (Wildman–Crippen MR) is 79.4 cm³/mol. The van der Waals surface area contributed by atoms with Gasteiger partial charge in [0.05, 0.1) is 22.3 Å². The van der Waals surface area contributed by atoms with Crippen molar-refractivity contribution in [1.29, 1.82) is 0 Å². The minimum absolute atomic E-state index is 0.00592. The number of nitrogens with zero attached hydrogens (tertiary/aromatic N) is 3. The van der Waals surface area contributed by atoms with Crippen molar-refractivity contribution in [2.24, 2.45) is 0 Å². The lowest BCUT2D eigenvalue weighted by atomic mass is 10.0. The minimum atomic E-state index is -0.437. The second-order valence-corrected chi connectivity index (χ2v) is 5.00. The molecule has 0 fully saturated rings. The molecule has 1 aromatic carbocycles. The van der Waals surface area contributed by atoms with Crippen molar-refractivity contribution in [2.45, 2.75) is 12.8 Å². The number of H-pyrrole nitrogens is 1. The van der Waals surface area contributed by atoms with E-state index in [0.717, 1.165) is 16.6 Å². The molecule has 0 aliphatic rings. The van der Waals surface area contributed by atoms with Crippen LogP contribution in [-0.4, -0.2) is 19.9 Å². The van der Waals surface area contributed by atoms with Crippen LogP contribution in [0.15, 0.2) is 36.8 Å². The van der Waals surface area contributed by atoms with Gasteiger partial charge in [-0.05, 0) is 30.5 Å². The molecule has 21 heavy (non-hydrogen) atoms. The Morgan fingerprint density at radius 3 is 2.86 bits per heavy atom. The molecule has 0 aliphatic carbocycles. The highest BCUT2D eigenvalue weighted by atomic mass is 35.5. The SMILES string of the molecule is O=[N+]([O-])c1cnc(Cl)cc1CCc1cccc2[nH]cnc12. The lowest BCUT2D eigenvalue weighted by Gasteiger charge is -2.04. The molecule has 0 unspecified atom stereocenters. The van der Waals surface area contributed by atoms with Crippen LogP contribution in [0.4, 0.5) is 5.69 Å². The predicted octanol–water partition coefficient (Wildman–Crippen LogP) is 3.30. The maximum absolute atomic E-state index is 11.0. The molecule has 7 heteroatoms. The van der Waals surface area contributed by atoms with Crippen LogP contribution in [0.3, 0.4) is 0 Å². The first-order valence-electron chi connectivity index (χ1n) is 6.35. The standard InChI is InChI=1S/C14H11ClN4O2/c15-13-6-10(12(7-16-13)19(20)21)5-4-9-2-1-3-11-14(9)18-8-17-11/h1-3,6-8H,4-5H2,(H,17,18). The van der Waals surface area contributed by atoms with Gasteiger partial charge in [0.2, 0.25) is 0 Å². The number of hydrogen-bond donors (Lipinski definition) is 1. The second kappa shape index (κ2) is 5.49. The molecule has 1 N–H and O–H groups in total. The van der Waals surface area contributed by atoms with Gasteiger partial charge in [-0.2, -0.15) is 0 Å². The van der Waals surface area contributed by atoms with E-state index >= 15 is 0 Å². The number of benzene rings is 1. The smallest absolute Gasteiger partial charge is 0.290 e. The molecule has 3 rings (SSSR count). The highest BCUT2D eigenvalue weighted by Crippen LogP contribution is 2.23. The molecule has 0 amide bonds. The zero-order valence-electron chi connectivity index (χ0n) is 10.9. The summed E-state index contributed by atoms with van der Waals surface area (Å²) in [6, 6.07) is 7.39. The molecule has 2 heterocycles. The van der Waals surface area contributed by atoms with Gasteiger partial charge in [0.1, 0.15) is 11.3 Å². The maximum atomic E-state index is 11.0. The fourth-order valence-corrected chi connectivity index (χ4v) is 2.50. The highest BCUT2D eigenvalue weighted by molar-refractivity contribution is 6.29. The van der Waals surface area contributed by atoms with Gasteiger partial charge >= 0.3 is 0 Å². The zero-order chi connectivity index (χ0) is 14.8. The van der Waals surface area contributed by atoms with Crippen molar-refractivity contribution < 1.29 is 4.92 Å². The van der Waals surface area contributed by atoms with Crippen LogP contribution >= 0.6 is 11.6 Å². The fraction of sp³-hybridized carbons (Fsp3) is 0.143. The van der Waals surface area contributed by atoms with Crippen LogP contribution in [0, 0.1) is 10.1 Å². The molecule has 0 spiro atoms. The van der Waals surface area contributed by atoms with Gasteiger partial charge in [-0.1, -0.05) is 23.7 Å². The Morgan fingerprint density at radius 1 is 1.24 bits per heavy atom. The van der Waals surface area contributed by atoms with E-state index in [-0.39, 0.29) is 10.8 Å². The number of hydrogen-bond acceptors (Lipinski definition) is 4. The Morgan fingerprint density at radius 2 is 2.05 bits per heavy atom. The number of aromatic amines is 1. The summed E-state index contributed by atoms with van der Waals surface area (Å²) < 4.78 is 0. The summed E-state index contributed by atoms with van der Waals surface area (Å²) >= 11 is 5.83. The van der Waals surface area contributed by atoms with Crippen LogP contribution in [0.1, 0.15) is 11.1 Å². The first kappa shape index (κ1) is 13.5. The highest BCUT2D eigenvalue weighted by Gasteiger charge is 2.15. The maximum Gasteiger partial charge on any atom is 0.290 e. The average molecular weight is 303 g/mol. The zero-order valence-corrected chi connectivity index (χ0v) is 11.7. The van der Waals surface area contributed by atoms with Gasteiger partial charge in [0, 0.05) is 5.56 Å². The number of nitrogens with one attached hydrogen (secondary N) is 1. The van der Waals surface area contributed by atoms with Crippen molar-refractivity contribution >= 4 is 28.3 Å². The van der Waals surface area contributed by atoms with Gasteiger partial charge < -0.3 is 4.98 Å². The molecule has 0 saturated carbocycles. The summed E-state index contributed by atoms with van der Waals surface area (Å²) in [6.45, 7) is 0. The monoisotopic (exact) mass is 302 g/mol. The number of fused-ring (bicyclic) bond motifs is 1. The Bertz CT molecular complexity index is 816. The van der Waals surface area contributed by atoms with E-state index in [2.05, 4.69) is 15.0 Å². The molecule has 106 valence electrons. The van der Waals surface area contributed by atoms with Crippen molar-refractivity contribution in [3.05, 3.63) is 63.2 Å². The number of pyridine rings is 1. The van der Waals surface area contributed by atoms with Crippen molar-refractivity contribution in [1.82, 2.24) is 15.0 Å². The normalized spacial score (nSPS) is 10.9. The van der Waals surface area contributed by atoms with Crippen molar-refractivity contribution in [3.8, 4) is 0 Å². The number of nitro groups is 1. The lowest BCUT2D eigenvalue weighted by Crippen LogP contribution is -1.99. The summed E-state index contributed by atoms with van der Waals surface area (Å²) in [6.07, 6.45) is 3.99. The summed E-state index contributed by atoms with van der Waals surface area (Å²) in [5.41, 5.74) is 3.45. The second-order valence-electron chi connectivity index (χ2n) is 4.61. The van der Waals surface area contributed by atoms with Gasteiger partial charge in [0.25, 0.3) is 5.69 Å². The molecule has 6 nitrogen and oxygen atoms in total. The van der Waals surface area contributed by atoms with E-state index in [9.17, 15) is 10.1 Å². The van der Waals surface area contributed by atoms with E-state index in [1.807, 2.05) is 18.2 Å². The Labute approximate surface area is 125 Å². The third-order valence-electron chi connectivity index (χ3n) is 3.33. The molecule has 0 saturated heterocycles. The number of para-hydroxylation sites is 1. The number of rotatable bonds is 4. The van der Waals surface area contributed by atoms with Crippen LogP contribution in [0.5, 0.6) is 0 Å². The molecular weight excluding hydrogens is 292 g/mol. The van der Waals surface area contributed by atoms with Gasteiger partial charge in [-0.25, -0.2) is 9.97 Å². The first-order valence-corrected chi connectivity index (χ1v) is 6.73. The average Bonchev–Trinajstić information content (AvgIpc) is 2.93. The molecule has 0 atom stereocenters. The Hall–Kier alpha value is -2.47. The van der Waals surface area contributed by atoms with Crippen molar-refractivity contribution in [3.63, 3.8) is 0 Å². The lowest BCUT2D eigenvalue weighted by molar-refractivity contribution is -0.385. The molecule has 2 aromatic heterocycles. The summed E-state index contributed by atoms with van der Waals surface area (Å²) in [4.78, 5) is 21.7. The molecule has 3 aromatic rings. The van der Waals surface area contributed by atoms with E-state index in [4.69, 9.17) is 11.6 Å². The van der Waals surface area contributed by atoms with Crippen LogP contribution < -0.4 is 0 Å². The molecule has 0 bridgehead atoms. The van der Waals surface area contributed by atoms with E-state index in [0.29, 0.717) is 18.4 Å².